The van der Waals surface area contributed by atoms with Crippen molar-refractivity contribution < 1.29 is 0 Å². The molecule has 0 rings (SSSR count). The molecule has 0 fully saturated rings. The monoisotopic (exact) mass is 137 g/mol. The Morgan fingerprint density at radius 1 is 1.20 bits per heavy atom. The lowest BCUT2D eigenvalue weighted by Gasteiger charge is -1.98. The minimum atomic E-state index is 0.127. The smallest absolute Gasteiger partial charge is 0.0547 e. The van der Waals surface area contributed by atoms with Crippen molar-refractivity contribution in [3.8, 4) is 11.8 Å². The highest BCUT2D eigenvalue weighted by Crippen LogP contribution is 1.95. The van der Waals surface area contributed by atoms with Crippen molar-refractivity contribution in [1.29, 1.82) is 5.41 Å². The number of hydrogen-bond donors (Lipinski definition) is 1. The van der Waals surface area contributed by atoms with Crippen LogP contribution in [0, 0.1) is 29.1 Å². The summed E-state index contributed by atoms with van der Waals surface area (Å²) in [5.74, 6) is 6.59. The Hall–Kier alpha value is -0.770. The number of nitrogens with one attached hydrogen (secondary N) is 1. The van der Waals surface area contributed by atoms with E-state index in [-0.39, 0.29) is 5.92 Å². The van der Waals surface area contributed by atoms with Crippen molar-refractivity contribution in [3.63, 3.8) is 0 Å². The van der Waals surface area contributed by atoms with Crippen molar-refractivity contribution in [2.45, 2.75) is 27.7 Å². The summed E-state index contributed by atoms with van der Waals surface area (Å²) in [7, 11) is 0. The first-order valence-corrected chi connectivity index (χ1v) is 3.60. The zero-order valence-corrected chi connectivity index (χ0v) is 7.15. The van der Waals surface area contributed by atoms with Gasteiger partial charge in [-0.05, 0) is 13.8 Å². The molecule has 0 bridgehead atoms. The molecule has 0 aliphatic rings. The topological polar surface area (TPSA) is 23.9 Å². The van der Waals surface area contributed by atoms with E-state index in [9.17, 15) is 0 Å². The summed E-state index contributed by atoms with van der Waals surface area (Å²) in [5.41, 5.74) is 0.646. The first kappa shape index (κ1) is 9.23. The number of hydrogen-bond acceptors (Lipinski definition) is 1. The maximum atomic E-state index is 7.24. The fourth-order valence-corrected chi connectivity index (χ4v) is 0.400. The molecule has 0 heterocycles. The third-order valence-electron chi connectivity index (χ3n) is 1.24. The van der Waals surface area contributed by atoms with Crippen molar-refractivity contribution >= 4 is 5.71 Å². The number of rotatable bonds is 1. The third kappa shape index (κ3) is 4.14. The molecule has 1 N–H and O–H groups in total. The van der Waals surface area contributed by atoms with E-state index >= 15 is 0 Å². The van der Waals surface area contributed by atoms with Gasteiger partial charge in [0, 0.05) is 11.6 Å². The van der Waals surface area contributed by atoms with Gasteiger partial charge in [0.15, 0.2) is 0 Å². The van der Waals surface area contributed by atoms with Crippen LogP contribution in [0.25, 0.3) is 0 Å². The predicted molar refractivity (Wildman–Crippen MR) is 45.2 cm³/mol. The van der Waals surface area contributed by atoms with Crippen LogP contribution in [0.15, 0.2) is 0 Å². The van der Waals surface area contributed by atoms with Crippen molar-refractivity contribution in [1.82, 2.24) is 0 Å². The van der Waals surface area contributed by atoms with Gasteiger partial charge in [-0.1, -0.05) is 25.7 Å². The molecule has 0 aromatic carbocycles. The van der Waals surface area contributed by atoms with Gasteiger partial charge in [-0.15, -0.1) is 0 Å². The van der Waals surface area contributed by atoms with Gasteiger partial charge in [0.2, 0.25) is 0 Å². The summed E-state index contributed by atoms with van der Waals surface area (Å²) in [6.07, 6.45) is 0. The van der Waals surface area contributed by atoms with Gasteiger partial charge < -0.3 is 5.41 Å². The molecule has 0 aromatic rings. The van der Waals surface area contributed by atoms with Crippen LogP contribution in [0.5, 0.6) is 0 Å². The molecule has 1 atom stereocenters. The van der Waals surface area contributed by atoms with E-state index in [0.29, 0.717) is 11.6 Å². The van der Waals surface area contributed by atoms with Crippen molar-refractivity contribution in [3.05, 3.63) is 0 Å². The second-order valence-electron chi connectivity index (χ2n) is 2.85. The molecule has 0 aliphatic carbocycles. The molecular formula is C9H15N. The molecule has 0 aromatic heterocycles. The van der Waals surface area contributed by atoms with Gasteiger partial charge in [-0.2, -0.15) is 0 Å². The molecule has 1 nitrogen and oxygen atoms in total. The SMILES string of the molecule is CC(=N)C(C)C#CC(C)C. The fraction of sp³-hybridized carbons (Fsp3) is 0.667. The van der Waals surface area contributed by atoms with Crippen LogP contribution >= 0.6 is 0 Å². The van der Waals surface area contributed by atoms with Gasteiger partial charge in [0.25, 0.3) is 0 Å². The lowest BCUT2D eigenvalue weighted by atomic mass is 10.1. The minimum absolute atomic E-state index is 0.127. The Morgan fingerprint density at radius 3 is 2.00 bits per heavy atom. The van der Waals surface area contributed by atoms with E-state index in [0.717, 1.165) is 0 Å². The maximum Gasteiger partial charge on any atom is 0.0547 e. The quantitative estimate of drug-likeness (QED) is 0.423. The molecule has 10 heavy (non-hydrogen) atoms. The summed E-state index contributed by atoms with van der Waals surface area (Å²) in [6, 6.07) is 0. The molecule has 0 radical (unpaired) electrons. The third-order valence-corrected chi connectivity index (χ3v) is 1.24. The Balaban J connectivity index is 3.92. The van der Waals surface area contributed by atoms with E-state index in [4.69, 9.17) is 5.41 Å². The summed E-state index contributed by atoms with van der Waals surface area (Å²) in [4.78, 5) is 0. The second-order valence-corrected chi connectivity index (χ2v) is 2.85. The molecule has 0 aliphatic heterocycles. The predicted octanol–water partition coefficient (Wildman–Crippen LogP) is 2.32. The minimum Gasteiger partial charge on any atom is -0.309 e. The standard InChI is InChI=1S/C9H15N/c1-7(2)5-6-8(3)9(4)10/h7-8,10H,1-4H3. The van der Waals surface area contributed by atoms with Gasteiger partial charge in [0.05, 0.1) is 5.92 Å². The molecule has 1 heteroatoms. The summed E-state index contributed by atoms with van der Waals surface area (Å²) >= 11 is 0. The summed E-state index contributed by atoms with van der Waals surface area (Å²) in [5, 5.41) is 7.24. The normalized spacial score (nSPS) is 12.1. The zero-order valence-electron chi connectivity index (χ0n) is 7.15. The van der Waals surface area contributed by atoms with Gasteiger partial charge in [-0.3, -0.25) is 0 Å². The zero-order chi connectivity index (χ0) is 8.15. The van der Waals surface area contributed by atoms with E-state index in [1.807, 2.05) is 6.92 Å². The van der Waals surface area contributed by atoms with Crippen LogP contribution in [0.2, 0.25) is 0 Å². The average molecular weight is 137 g/mol. The van der Waals surface area contributed by atoms with Crippen LogP contribution < -0.4 is 0 Å². The van der Waals surface area contributed by atoms with E-state index in [1.54, 1.807) is 6.92 Å². The molecule has 56 valence electrons. The molecule has 1 unspecified atom stereocenters. The Labute approximate surface area is 63.3 Å². The fourth-order valence-electron chi connectivity index (χ4n) is 0.400. The van der Waals surface area contributed by atoms with Crippen molar-refractivity contribution in [2.75, 3.05) is 0 Å². The molecule has 0 amide bonds. The largest absolute Gasteiger partial charge is 0.309 e. The Morgan fingerprint density at radius 2 is 1.70 bits per heavy atom. The second kappa shape index (κ2) is 4.11. The van der Waals surface area contributed by atoms with Gasteiger partial charge in [0.1, 0.15) is 0 Å². The highest BCUT2D eigenvalue weighted by atomic mass is 14.4. The van der Waals surface area contributed by atoms with Gasteiger partial charge >= 0.3 is 0 Å². The Kier molecular flexibility index (Phi) is 3.79. The molecule has 0 saturated heterocycles. The molecule has 0 spiro atoms. The lowest BCUT2D eigenvalue weighted by Crippen LogP contribution is -2.01. The highest BCUT2D eigenvalue weighted by molar-refractivity contribution is 5.83. The van der Waals surface area contributed by atoms with Crippen LogP contribution in [0.4, 0.5) is 0 Å². The highest BCUT2D eigenvalue weighted by Gasteiger charge is 1.96. The van der Waals surface area contributed by atoms with Gasteiger partial charge in [-0.25, -0.2) is 0 Å². The lowest BCUT2D eigenvalue weighted by molar-refractivity contribution is 0.860. The van der Waals surface area contributed by atoms with Crippen LogP contribution in [0.1, 0.15) is 27.7 Å². The summed E-state index contributed by atoms with van der Waals surface area (Å²) in [6.45, 7) is 7.86. The average Bonchev–Trinajstić information content (AvgIpc) is 1.82. The first-order chi connectivity index (χ1) is 4.54. The van der Waals surface area contributed by atoms with E-state index < -0.39 is 0 Å². The summed E-state index contributed by atoms with van der Waals surface area (Å²) < 4.78 is 0. The van der Waals surface area contributed by atoms with Crippen LogP contribution in [-0.2, 0) is 0 Å². The van der Waals surface area contributed by atoms with Crippen LogP contribution in [0.3, 0.4) is 0 Å². The maximum absolute atomic E-state index is 7.24. The molecule has 0 saturated carbocycles. The van der Waals surface area contributed by atoms with Crippen LogP contribution in [-0.4, -0.2) is 5.71 Å². The first-order valence-electron chi connectivity index (χ1n) is 3.60. The van der Waals surface area contributed by atoms with E-state index in [1.165, 1.54) is 0 Å². The van der Waals surface area contributed by atoms with E-state index in [2.05, 4.69) is 25.7 Å². The van der Waals surface area contributed by atoms with Crippen molar-refractivity contribution in [2.24, 2.45) is 11.8 Å². The Bertz CT molecular complexity index is 169. The molecular weight excluding hydrogens is 122 g/mol.